The molecule has 0 atom stereocenters. The number of carboxylic acid groups (broad SMARTS) is 1. The molecule has 1 aliphatic heterocycles. The van der Waals surface area contributed by atoms with Crippen molar-refractivity contribution in [3.05, 3.63) is 70.5 Å². The summed E-state index contributed by atoms with van der Waals surface area (Å²) in [5, 5.41) is 11.5. The second-order valence-electron chi connectivity index (χ2n) is 8.31. The van der Waals surface area contributed by atoms with Gasteiger partial charge in [0.05, 0.1) is 30.9 Å². The van der Waals surface area contributed by atoms with E-state index < -0.39 is 5.97 Å². The van der Waals surface area contributed by atoms with Crippen LogP contribution in [0.2, 0.25) is 5.02 Å². The highest BCUT2D eigenvalue weighted by Crippen LogP contribution is 2.46. The highest BCUT2D eigenvalue weighted by atomic mass is 35.5. The molecule has 0 saturated heterocycles. The van der Waals surface area contributed by atoms with Crippen molar-refractivity contribution in [1.29, 1.82) is 0 Å². The van der Waals surface area contributed by atoms with Crippen molar-refractivity contribution in [3.63, 3.8) is 0 Å². The van der Waals surface area contributed by atoms with E-state index in [2.05, 4.69) is 27.4 Å². The third-order valence-corrected chi connectivity index (χ3v) is 6.67. The van der Waals surface area contributed by atoms with Crippen LogP contribution in [-0.2, 0) is 17.8 Å². The van der Waals surface area contributed by atoms with Crippen molar-refractivity contribution in [1.82, 2.24) is 9.55 Å². The number of rotatable bonds is 5. The SMILES string of the molecule is COc1ccc(N2CCn3c(C)cc4c(-c5ccc(Cl)cc5)c(CC(=O)O)c(C)c2c43)nc1. The average Bonchev–Trinajstić information content (AvgIpc) is 3.14. The predicted octanol–water partition coefficient (Wildman–Crippen LogP) is 5.76. The number of aryl methyl sites for hydroxylation is 1. The van der Waals surface area contributed by atoms with E-state index in [1.807, 2.05) is 43.3 Å². The molecule has 33 heavy (non-hydrogen) atoms. The zero-order valence-corrected chi connectivity index (χ0v) is 19.5. The number of methoxy groups -OCH3 is 1. The van der Waals surface area contributed by atoms with Gasteiger partial charge >= 0.3 is 5.97 Å². The molecule has 6 nitrogen and oxygen atoms in total. The molecule has 7 heteroatoms. The molecule has 0 bridgehead atoms. The van der Waals surface area contributed by atoms with Crippen molar-refractivity contribution in [2.75, 3.05) is 18.6 Å². The Morgan fingerprint density at radius 3 is 2.55 bits per heavy atom. The smallest absolute Gasteiger partial charge is 0.307 e. The van der Waals surface area contributed by atoms with E-state index in [1.165, 1.54) is 0 Å². The van der Waals surface area contributed by atoms with E-state index in [-0.39, 0.29) is 6.42 Å². The van der Waals surface area contributed by atoms with Crippen LogP contribution in [0.1, 0.15) is 16.8 Å². The van der Waals surface area contributed by atoms with Crippen LogP contribution in [0.3, 0.4) is 0 Å². The molecule has 0 unspecified atom stereocenters. The Morgan fingerprint density at radius 2 is 1.91 bits per heavy atom. The minimum atomic E-state index is -0.860. The van der Waals surface area contributed by atoms with E-state index in [9.17, 15) is 9.90 Å². The number of carboxylic acids is 1. The quantitative estimate of drug-likeness (QED) is 0.409. The molecular weight excluding hydrogens is 438 g/mol. The topological polar surface area (TPSA) is 67.6 Å². The Kier molecular flexibility index (Phi) is 5.25. The lowest BCUT2D eigenvalue weighted by molar-refractivity contribution is -0.136. The Labute approximate surface area is 197 Å². The van der Waals surface area contributed by atoms with Crippen LogP contribution in [0.25, 0.3) is 22.0 Å². The lowest BCUT2D eigenvalue weighted by atomic mass is 9.88. The van der Waals surface area contributed by atoms with Gasteiger partial charge in [-0.05, 0) is 66.4 Å². The Hall–Kier alpha value is -3.51. The van der Waals surface area contributed by atoms with Crippen LogP contribution in [0.5, 0.6) is 5.75 Å². The van der Waals surface area contributed by atoms with E-state index in [4.69, 9.17) is 16.3 Å². The third-order valence-electron chi connectivity index (χ3n) is 6.42. The van der Waals surface area contributed by atoms with Crippen molar-refractivity contribution in [2.45, 2.75) is 26.8 Å². The lowest BCUT2D eigenvalue weighted by Crippen LogP contribution is -2.29. The standard InChI is InChI=1S/C26H24ClN3O3/c1-15-12-21-24(17-4-6-18(27)7-5-17)20(13-23(31)32)16(2)25-26(21)29(15)10-11-30(25)22-9-8-19(33-3)14-28-22/h4-9,12,14H,10-11,13H2,1-3H3,(H,31,32). The number of carbonyl (C=O) groups is 1. The summed E-state index contributed by atoms with van der Waals surface area (Å²) in [5.74, 6) is 0.647. The van der Waals surface area contributed by atoms with E-state index in [0.717, 1.165) is 63.4 Å². The first-order valence-electron chi connectivity index (χ1n) is 10.8. The number of aliphatic carboxylic acids is 1. The molecule has 0 fully saturated rings. The lowest BCUT2D eigenvalue weighted by Gasteiger charge is -2.33. The summed E-state index contributed by atoms with van der Waals surface area (Å²) in [6.45, 7) is 5.67. The summed E-state index contributed by atoms with van der Waals surface area (Å²) in [4.78, 5) is 18.7. The Bertz CT molecular complexity index is 1380. The first kappa shape index (κ1) is 21.3. The number of pyridine rings is 1. The molecule has 0 spiro atoms. The summed E-state index contributed by atoms with van der Waals surface area (Å²) in [5.41, 5.74) is 6.94. The number of nitrogens with zero attached hydrogens (tertiary/aromatic N) is 3. The summed E-state index contributed by atoms with van der Waals surface area (Å²) in [6.07, 6.45) is 1.64. The van der Waals surface area contributed by atoms with Gasteiger partial charge in [-0.3, -0.25) is 4.79 Å². The monoisotopic (exact) mass is 461 g/mol. The zero-order chi connectivity index (χ0) is 23.3. The van der Waals surface area contributed by atoms with E-state index >= 15 is 0 Å². The molecule has 1 aliphatic rings. The maximum Gasteiger partial charge on any atom is 0.307 e. The highest BCUT2D eigenvalue weighted by molar-refractivity contribution is 6.30. The molecule has 2 aromatic heterocycles. The average molecular weight is 462 g/mol. The molecule has 4 aromatic rings. The molecule has 1 N–H and O–H groups in total. The van der Waals surface area contributed by atoms with Gasteiger partial charge in [0.15, 0.2) is 0 Å². The van der Waals surface area contributed by atoms with Gasteiger partial charge < -0.3 is 19.3 Å². The summed E-state index contributed by atoms with van der Waals surface area (Å²) in [6, 6.07) is 13.6. The Balaban J connectivity index is 1.83. The number of ether oxygens (including phenoxy) is 1. The van der Waals surface area contributed by atoms with E-state index in [1.54, 1.807) is 13.3 Å². The molecule has 3 heterocycles. The maximum absolute atomic E-state index is 11.9. The molecule has 0 amide bonds. The first-order chi connectivity index (χ1) is 15.9. The van der Waals surface area contributed by atoms with Crippen LogP contribution in [-0.4, -0.2) is 34.3 Å². The van der Waals surface area contributed by atoms with Gasteiger partial charge in [-0.25, -0.2) is 4.98 Å². The number of anilines is 2. The zero-order valence-electron chi connectivity index (χ0n) is 18.7. The first-order valence-corrected chi connectivity index (χ1v) is 11.2. The number of aromatic nitrogens is 2. The predicted molar refractivity (Wildman–Crippen MR) is 131 cm³/mol. The van der Waals surface area contributed by atoms with Crippen molar-refractivity contribution < 1.29 is 14.6 Å². The van der Waals surface area contributed by atoms with Gasteiger partial charge in [-0.2, -0.15) is 0 Å². The van der Waals surface area contributed by atoms with Gasteiger partial charge in [-0.15, -0.1) is 0 Å². The molecule has 0 radical (unpaired) electrons. The molecule has 0 aliphatic carbocycles. The third kappa shape index (κ3) is 3.51. The normalized spacial score (nSPS) is 12.9. The maximum atomic E-state index is 11.9. The molecule has 168 valence electrons. The molecule has 2 aromatic carbocycles. The number of hydrogen-bond donors (Lipinski definition) is 1. The van der Waals surface area contributed by atoms with Crippen LogP contribution in [0.15, 0.2) is 48.7 Å². The van der Waals surface area contributed by atoms with Crippen molar-refractivity contribution >= 4 is 40.0 Å². The highest BCUT2D eigenvalue weighted by Gasteiger charge is 2.29. The minimum Gasteiger partial charge on any atom is -0.495 e. The van der Waals surface area contributed by atoms with Crippen LogP contribution >= 0.6 is 11.6 Å². The summed E-state index contributed by atoms with van der Waals surface area (Å²) >= 11 is 6.15. The van der Waals surface area contributed by atoms with Gasteiger partial charge in [0.2, 0.25) is 0 Å². The number of halogens is 1. The van der Waals surface area contributed by atoms with Crippen molar-refractivity contribution in [3.8, 4) is 16.9 Å². The fraction of sp³-hybridized carbons (Fsp3) is 0.231. The van der Waals surface area contributed by atoms with Gasteiger partial charge in [-0.1, -0.05) is 23.7 Å². The van der Waals surface area contributed by atoms with Gasteiger partial charge in [0.1, 0.15) is 11.6 Å². The summed E-state index contributed by atoms with van der Waals surface area (Å²) < 4.78 is 7.59. The van der Waals surface area contributed by atoms with Gasteiger partial charge in [0.25, 0.3) is 0 Å². The largest absolute Gasteiger partial charge is 0.495 e. The van der Waals surface area contributed by atoms with E-state index in [0.29, 0.717) is 10.8 Å². The van der Waals surface area contributed by atoms with Crippen LogP contribution in [0.4, 0.5) is 11.5 Å². The van der Waals surface area contributed by atoms with Crippen LogP contribution < -0.4 is 9.64 Å². The number of benzene rings is 2. The minimum absolute atomic E-state index is 0.0686. The number of hydrogen-bond acceptors (Lipinski definition) is 4. The fourth-order valence-electron chi connectivity index (χ4n) is 4.92. The molecular formula is C26H24ClN3O3. The fourth-order valence-corrected chi connectivity index (χ4v) is 5.05. The summed E-state index contributed by atoms with van der Waals surface area (Å²) in [7, 11) is 1.62. The van der Waals surface area contributed by atoms with Crippen LogP contribution in [0, 0.1) is 13.8 Å². The van der Waals surface area contributed by atoms with Crippen molar-refractivity contribution in [2.24, 2.45) is 0 Å². The van der Waals surface area contributed by atoms with Gasteiger partial charge in [0, 0.05) is 29.2 Å². The second-order valence-corrected chi connectivity index (χ2v) is 8.75. The molecule has 5 rings (SSSR count). The second kappa shape index (κ2) is 8.12. The molecule has 0 saturated carbocycles. The Morgan fingerprint density at radius 1 is 1.15 bits per heavy atom.